The van der Waals surface area contributed by atoms with E-state index in [4.69, 9.17) is 5.14 Å². The van der Waals surface area contributed by atoms with Gasteiger partial charge in [0, 0.05) is 18.2 Å². The van der Waals surface area contributed by atoms with E-state index in [1.54, 1.807) is 19.0 Å². The summed E-state index contributed by atoms with van der Waals surface area (Å²) < 4.78 is 50.9. The standard InChI is InChI=1S/C16H18F2N4O4S/c1-21(2)15(16-11(17)4-3-5-12(16)18)9-20-13-7-6-10(27(19,25)26)8-14(13)22(23)24/h3-8,15,20H,9H2,1-2H3,(H2,19,25,26). The van der Waals surface area contributed by atoms with E-state index >= 15 is 0 Å². The number of primary sulfonamides is 1. The van der Waals surface area contributed by atoms with Gasteiger partial charge in [0.05, 0.1) is 15.9 Å². The van der Waals surface area contributed by atoms with E-state index in [0.717, 1.165) is 24.3 Å². The molecule has 11 heteroatoms. The molecule has 0 heterocycles. The summed E-state index contributed by atoms with van der Waals surface area (Å²) >= 11 is 0. The zero-order chi connectivity index (χ0) is 20.4. The number of sulfonamides is 1. The third kappa shape index (κ3) is 4.76. The van der Waals surface area contributed by atoms with Crippen molar-refractivity contribution in [1.29, 1.82) is 0 Å². The largest absolute Gasteiger partial charge is 0.378 e. The van der Waals surface area contributed by atoms with E-state index in [1.807, 2.05) is 0 Å². The highest BCUT2D eigenvalue weighted by Gasteiger charge is 2.24. The molecule has 0 radical (unpaired) electrons. The molecular formula is C16H18F2N4O4S. The summed E-state index contributed by atoms with van der Waals surface area (Å²) in [5, 5.41) is 19.0. The highest BCUT2D eigenvalue weighted by atomic mass is 32.2. The van der Waals surface area contributed by atoms with Gasteiger partial charge in [0.2, 0.25) is 10.0 Å². The summed E-state index contributed by atoms with van der Waals surface area (Å²) in [5.74, 6) is -1.48. The molecule has 0 spiro atoms. The van der Waals surface area contributed by atoms with Crippen LogP contribution in [0.15, 0.2) is 41.3 Å². The number of halogens is 2. The molecule has 1 unspecified atom stereocenters. The van der Waals surface area contributed by atoms with E-state index in [2.05, 4.69) is 5.32 Å². The smallest absolute Gasteiger partial charge is 0.293 e. The number of hydrogen-bond donors (Lipinski definition) is 2. The molecule has 1 atom stereocenters. The molecule has 2 rings (SSSR count). The molecule has 0 aliphatic rings. The zero-order valence-electron chi connectivity index (χ0n) is 14.5. The highest BCUT2D eigenvalue weighted by molar-refractivity contribution is 7.89. The molecule has 27 heavy (non-hydrogen) atoms. The number of nitrogens with two attached hydrogens (primary N) is 1. The summed E-state index contributed by atoms with van der Waals surface area (Å²) in [6.45, 7) is -0.0690. The first-order valence-corrected chi connectivity index (χ1v) is 9.22. The van der Waals surface area contributed by atoms with E-state index in [1.165, 1.54) is 12.1 Å². The van der Waals surface area contributed by atoms with Gasteiger partial charge in [0.15, 0.2) is 0 Å². The van der Waals surface area contributed by atoms with Gasteiger partial charge in [-0.2, -0.15) is 0 Å². The van der Waals surface area contributed by atoms with Gasteiger partial charge >= 0.3 is 0 Å². The maximum atomic E-state index is 14.1. The molecule has 146 valence electrons. The van der Waals surface area contributed by atoms with Crippen LogP contribution >= 0.6 is 0 Å². The Morgan fingerprint density at radius 3 is 2.30 bits per heavy atom. The van der Waals surface area contributed by atoms with Crippen molar-refractivity contribution in [2.45, 2.75) is 10.9 Å². The van der Waals surface area contributed by atoms with Crippen LogP contribution in [0.3, 0.4) is 0 Å². The van der Waals surface area contributed by atoms with Gasteiger partial charge in [-0.1, -0.05) is 6.07 Å². The average Bonchev–Trinajstić information content (AvgIpc) is 2.56. The molecule has 0 aromatic heterocycles. The number of nitro groups is 1. The summed E-state index contributed by atoms with van der Waals surface area (Å²) in [4.78, 5) is 11.6. The fraction of sp³-hybridized carbons (Fsp3) is 0.250. The predicted octanol–water partition coefficient (Wildman–Crippen LogP) is 2.24. The van der Waals surface area contributed by atoms with Gasteiger partial charge in [-0.25, -0.2) is 22.3 Å². The van der Waals surface area contributed by atoms with Gasteiger partial charge in [-0.05, 0) is 38.4 Å². The fourth-order valence-corrected chi connectivity index (χ4v) is 3.10. The third-order valence-electron chi connectivity index (χ3n) is 3.94. The Morgan fingerprint density at radius 1 is 1.22 bits per heavy atom. The van der Waals surface area contributed by atoms with Crippen LogP contribution in [0.25, 0.3) is 0 Å². The van der Waals surface area contributed by atoms with Gasteiger partial charge in [0.25, 0.3) is 5.69 Å². The first-order chi connectivity index (χ1) is 12.5. The van der Waals surface area contributed by atoms with Gasteiger partial charge < -0.3 is 10.2 Å². The fourth-order valence-electron chi connectivity index (χ4n) is 2.57. The lowest BCUT2D eigenvalue weighted by atomic mass is 10.0. The Hall–Kier alpha value is -2.63. The van der Waals surface area contributed by atoms with Crippen molar-refractivity contribution in [2.24, 2.45) is 5.14 Å². The lowest BCUT2D eigenvalue weighted by Crippen LogP contribution is -2.28. The third-order valence-corrected chi connectivity index (χ3v) is 4.85. The highest BCUT2D eigenvalue weighted by Crippen LogP contribution is 2.30. The van der Waals surface area contributed by atoms with Crippen LogP contribution in [0.2, 0.25) is 0 Å². The molecule has 0 bridgehead atoms. The first-order valence-electron chi connectivity index (χ1n) is 7.68. The van der Waals surface area contributed by atoms with Crippen LogP contribution in [0.1, 0.15) is 11.6 Å². The Bertz CT molecular complexity index is 947. The van der Waals surface area contributed by atoms with Crippen LogP contribution in [-0.2, 0) is 10.0 Å². The van der Waals surface area contributed by atoms with Crippen LogP contribution in [0.5, 0.6) is 0 Å². The van der Waals surface area contributed by atoms with Crippen molar-refractivity contribution < 1.29 is 22.1 Å². The minimum absolute atomic E-state index is 0.00371. The normalized spacial score (nSPS) is 12.8. The van der Waals surface area contributed by atoms with Crippen molar-refractivity contribution in [2.75, 3.05) is 26.0 Å². The minimum atomic E-state index is -4.11. The molecule has 0 aliphatic carbocycles. The van der Waals surface area contributed by atoms with E-state index in [-0.39, 0.29) is 17.8 Å². The molecular weight excluding hydrogens is 382 g/mol. The lowest BCUT2D eigenvalue weighted by molar-refractivity contribution is -0.384. The average molecular weight is 400 g/mol. The molecule has 0 amide bonds. The molecule has 0 aliphatic heterocycles. The molecule has 0 saturated heterocycles. The Labute approximate surface area is 154 Å². The van der Waals surface area contributed by atoms with E-state index in [0.29, 0.717) is 0 Å². The van der Waals surface area contributed by atoms with Crippen LogP contribution < -0.4 is 10.5 Å². The molecule has 2 aromatic carbocycles. The Balaban J connectivity index is 2.37. The second-order valence-corrected chi connectivity index (χ2v) is 7.54. The van der Waals surface area contributed by atoms with Crippen LogP contribution in [0, 0.1) is 21.7 Å². The lowest BCUT2D eigenvalue weighted by Gasteiger charge is -2.26. The van der Waals surface area contributed by atoms with Crippen molar-refractivity contribution in [3.05, 3.63) is 63.7 Å². The summed E-state index contributed by atoms with van der Waals surface area (Å²) in [5.41, 5.74) is -0.706. The first kappa shape index (κ1) is 20.7. The summed E-state index contributed by atoms with van der Waals surface area (Å²) in [6, 6.07) is 5.83. The molecule has 0 fully saturated rings. The maximum absolute atomic E-state index is 14.1. The van der Waals surface area contributed by atoms with E-state index in [9.17, 15) is 27.3 Å². The minimum Gasteiger partial charge on any atom is -0.378 e. The van der Waals surface area contributed by atoms with Gasteiger partial charge in [-0.15, -0.1) is 0 Å². The summed E-state index contributed by atoms with van der Waals surface area (Å²) in [7, 11) is -0.898. The predicted molar refractivity (Wildman–Crippen MR) is 95.7 cm³/mol. The van der Waals surface area contributed by atoms with Gasteiger partial charge in [0.1, 0.15) is 17.3 Å². The number of likely N-dealkylation sites (N-methyl/N-ethyl adjacent to an activating group) is 1. The maximum Gasteiger partial charge on any atom is 0.293 e. The molecule has 8 nitrogen and oxygen atoms in total. The number of hydrogen-bond acceptors (Lipinski definition) is 6. The summed E-state index contributed by atoms with van der Waals surface area (Å²) in [6.07, 6.45) is 0. The number of benzene rings is 2. The quantitative estimate of drug-likeness (QED) is 0.543. The van der Waals surface area contributed by atoms with Crippen molar-refractivity contribution in [1.82, 2.24) is 4.90 Å². The second kappa shape index (κ2) is 7.94. The molecule has 0 saturated carbocycles. The monoisotopic (exact) mass is 400 g/mol. The molecule has 2 aromatic rings. The van der Waals surface area contributed by atoms with Crippen LogP contribution in [-0.4, -0.2) is 38.9 Å². The second-order valence-electron chi connectivity index (χ2n) is 5.98. The number of nitrogens with zero attached hydrogens (tertiary/aromatic N) is 2. The van der Waals surface area contributed by atoms with Crippen molar-refractivity contribution in [3.63, 3.8) is 0 Å². The SMILES string of the molecule is CN(C)C(CNc1ccc(S(N)(=O)=O)cc1[N+](=O)[O-])c1c(F)cccc1F. The van der Waals surface area contributed by atoms with Crippen LogP contribution in [0.4, 0.5) is 20.2 Å². The number of nitro benzene ring substituents is 1. The number of anilines is 1. The Kier molecular flexibility index (Phi) is 6.08. The van der Waals surface area contributed by atoms with E-state index < -0.39 is 43.2 Å². The Morgan fingerprint density at radius 2 is 1.81 bits per heavy atom. The number of rotatable bonds is 7. The topological polar surface area (TPSA) is 119 Å². The zero-order valence-corrected chi connectivity index (χ0v) is 15.3. The van der Waals surface area contributed by atoms with Gasteiger partial charge in [-0.3, -0.25) is 10.1 Å². The van der Waals surface area contributed by atoms with Crippen molar-refractivity contribution >= 4 is 21.4 Å². The van der Waals surface area contributed by atoms with Crippen molar-refractivity contribution in [3.8, 4) is 0 Å². The number of nitrogens with one attached hydrogen (secondary N) is 1. The molecule has 3 N–H and O–H groups in total.